The molecule has 2 aliphatic rings. The van der Waals surface area contributed by atoms with Gasteiger partial charge in [0.2, 0.25) is 0 Å². The van der Waals surface area contributed by atoms with E-state index in [1.807, 2.05) is 6.92 Å². The van der Waals surface area contributed by atoms with Crippen molar-refractivity contribution >= 4 is 0 Å². The Labute approximate surface area is 93.2 Å². The molecular formula is C13H25NO. The van der Waals surface area contributed by atoms with Gasteiger partial charge in [0, 0.05) is 12.0 Å². The zero-order chi connectivity index (χ0) is 11.1. The fraction of sp³-hybridized carbons (Fsp3) is 1.00. The first-order valence-corrected chi connectivity index (χ1v) is 6.48. The SMILES string of the molecule is CCCC(C)(O)C1(CN)CC2CCC1C2. The lowest BCUT2D eigenvalue weighted by Crippen LogP contribution is -2.53. The Kier molecular flexibility index (Phi) is 2.85. The van der Waals surface area contributed by atoms with Crippen molar-refractivity contribution in [2.75, 3.05) is 6.54 Å². The minimum absolute atomic E-state index is 0.0337. The first-order valence-electron chi connectivity index (χ1n) is 6.48. The number of hydrogen-bond donors (Lipinski definition) is 2. The Balaban J connectivity index is 2.22. The lowest BCUT2D eigenvalue weighted by Gasteiger charge is -2.48. The van der Waals surface area contributed by atoms with Crippen LogP contribution in [0.1, 0.15) is 52.4 Å². The van der Waals surface area contributed by atoms with Crippen LogP contribution in [-0.2, 0) is 0 Å². The number of nitrogens with two attached hydrogens (primary N) is 1. The van der Waals surface area contributed by atoms with E-state index in [2.05, 4.69) is 6.92 Å². The molecule has 2 fully saturated rings. The largest absolute Gasteiger partial charge is 0.390 e. The molecule has 0 amide bonds. The van der Waals surface area contributed by atoms with Crippen molar-refractivity contribution in [3.8, 4) is 0 Å². The fourth-order valence-electron chi connectivity index (χ4n) is 4.31. The lowest BCUT2D eigenvalue weighted by atomic mass is 9.61. The average Bonchev–Trinajstić information content (AvgIpc) is 2.76. The van der Waals surface area contributed by atoms with E-state index >= 15 is 0 Å². The summed E-state index contributed by atoms with van der Waals surface area (Å²) in [7, 11) is 0. The van der Waals surface area contributed by atoms with E-state index in [0.717, 1.165) is 18.8 Å². The second-order valence-electron chi connectivity index (χ2n) is 5.96. The second kappa shape index (κ2) is 3.74. The maximum absolute atomic E-state index is 10.7. The zero-order valence-electron chi connectivity index (χ0n) is 10.1. The van der Waals surface area contributed by atoms with Gasteiger partial charge in [-0.15, -0.1) is 0 Å². The van der Waals surface area contributed by atoms with Crippen molar-refractivity contribution in [1.29, 1.82) is 0 Å². The smallest absolute Gasteiger partial charge is 0.0690 e. The van der Waals surface area contributed by atoms with Crippen molar-refractivity contribution in [1.82, 2.24) is 0 Å². The van der Waals surface area contributed by atoms with Crippen LogP contribution in [0.4, 0.5) is 0 Å². The van der Waals surface area contributed by atoms with E-state index < -0.39 is 5.60 Å². The highest BCUT2D eigenvalue weighted by molar-refractivity contribution is 5.09. The number of aliphatic hydroxyl groups is 1. The maximum Gasteiger partial charge on any atom is 0.0690 e. The van der Waals surface area contributed by atoms with Crippen LogP contribution in [0.15, 0.2) is 0 Å². The van der Waals surface area contributed by atoms with Gasteiger partial charge >= 0.3 is 0 Å². The molecule has 0 aromatic heterocycles. The van der Waals surface area contributed by atoms with Crippen LogP contribution in [0.2, 0.25) is 0 Å². The van der Waals surface area contributed by atoms with Crippen molar-refractivity contribution in [3.63, 3.8) is 0 Å². The van der Waals surface area contributed by atoms with E-state index in [0.29, 0.717) is 12.5 Å². The molecule has 0 aromatic rings. The first-order chi connectivity index (χ1) is 7.05. The maximum atomic E-state index is 10.7. The molecule has 0 aromatic carbocycles. The predicted molar refractivity (Wildman–Crippen MR) is 62.5 cm³/mol. The van der Waals surface area contributed by atoms with Crippen LogP contribution in [0, 0.1) is 17.3 Å². The third kappa shape index (κ3) is 1.53. The molecule has 2 saturated carbocycles. The van der Waals surface area contributed by atoms with Crippen LogP contribution in [0.3, 0.4) is 0 Å². The topological polar surface area (TPSA) is 46.2 Å². The summed E-state index contributed by atoms with van der Waals surface area (Å²) in [5, 5.41) is 10.7. The van der Waals surface area contributed by atoms with E-state index in [9.17, 15) is 5.11 Å². The van der Waals surface area contributed by atoms with E-state index in [4.69, 9.17) is 5.73 Å². The molecule has 2 aliphatic carbocycles. The molecular weight excluding hydrogens is 186 g/mol. The number of rotatable bonds is 4. The quantitative estimate of drug-likeness (QED) is 0.749. The molecule has 4 unspecified atom stereocenters. The van der Waals surface area contributed by atoms with Crippen LogP contribution >= 0.6 is 0 Å². The Morgan fingerprint density at radius 2 is 2.20 bits per heavy atom. The van der Waals surface area contributed by atoms with Gasteiger partial charge in [0.05, 0.1) is 5.60 Å². The standard InChI is InChI=1S/C13H25NO/c1-3-6-12(2,15)13(9-14)8-10-4-5-11(13)7-10/h10-11,15H,3-9,14H2,1-2H3. The van der Waals surface area contributed by atoms with Gasteiger partial charge in [0.1, 0.15) is 0 Å². The summed E-state index contributed by atoms with van der Waals surface area (Å²) in [5.41, 5.74) is 5.50. The van der Waals surface area contributed by atoms with E-state index in [1.165, 1.54) is 25.7 Å². The molecule has 2 rings (SSSR count). The van der Waals surface area contributed by atoms with Crippen molar-refractivity contribution in [3.05, 3.63) is 0 Å². The van der Waals surface area contributed by atoms with Crippen LogP contribution in [0.25, 0.3) is 0 Å². The summed E-state index contributed by atoms with van der Waals surface area (Å²) >= 11 is 0. The van der Waals surface area contributed by atoms with Crippen LogP contribution in [-0.4, -0.2) is 17.3 Å². The van der Waals surface area contributed by atoms with E-state index in [1.54, 1.807) is 0 Å². The van der Waals surface area contributed by atoms with Gasteiger partial charge in [0.25, 0.3) is 0 Å². The Morgan fingerprint density at radius 1 is 1.47 bits per heavy atom. The molecule has 0 spiro atoms. The Bertz CT molecular complexity index is 239. The molecule has 0 aliphatic heterocycles. The fourth-order valence-corrected chi connectivity index (χ4v) is 4.31. The lowest BCUT2D eigenvalue weighted by molar-refractivity contribution is -0.102. The Morgan fingerprint density at radius 3 is 2.60 bits per heavy atom. The molecule has 4 atom stereocenters. The summed E-state index contributed by atoms with van der Waals surface area (Å²) in [4.78, 5) is 0. The number of hydrogen-bond acceptors (Lipinski definition) is 2. The van der Waals surface area contributed by atoms with Gasteiger partial charge in [-0.1, -0.05) is 19.8 Å². The van der Waals surface area contributed by atoms with Gasteiger partial charge < -0.3 is 10.8 Å². The average molecular weight is 211 g/mol. The van der Waals surface area contributed by atoms with Crippen LogP contribution < -0.4 is 5.73 Å². The monoisotopic (exact) mass is 211 g/mol. The van der Waals surface area contributed by atoms with Gasteiger partial charge in [-0.05, 0) is 44.4 Å². The zero-order valence-corrected chi connectivity index (χ0v) is 10.1. The van der Waals surface area contributed by atoms with Crippen molar-refractivity contribution in [2.45, 2.75) is 58.0 Å². The highest BCUT2D eigenvalue weighted by atomic mass is 16.3. The summed E-state index contributed by atoms with van der Waals surface area (Å²) in [6.45, 7) is 4.83. The van der Waals surface area contributed by atoms with E-state index in [-0.39, 0.29) is 5.41 Å². The predicted octanol–water partition coefficient (Wildman–Crippen LogP) is 2.30. The summed E-state index contributed by atoms with van der Waals surface area (Å²) < 4.78 is 0. The van der Waals surface area contributed by atoms with Crippen LogP contribution in [0.5, 0.6) is 0 Å². The third-order valence-electron chi connectivity index (χ3n) is 5.15. The molecule has 2 heteroatoms. The van der Waals surface area contributed by atoms with Crippen molar-refractivity contribution < 1.29 is 5.11 Å². The molecule has 2 bridgehead atoms. The normalized spacial score (nSPS) is 43.2. The highest BCUT2D eigenvalue weighted by Gasteiger charge is 2.58. The molecule has 88 valence electrons. The summed E-state index contributed by atoms with van der Waals surface area (Å²) in [6.07, 6.45) is 7.09. The summed E-state index contributed by atoms with van der Waals surface area (Å²) in [6, 6.07) is 0. The van der Waals surface area contributed by atoms with Gasteiger partial charge in [-0.2, -0.15) is 0 Å². The molecule has 3 N–H and O–H groups in total. The van der Waals surface area contributed by atoms with Gasteiger partial charge in [-0.25, -0.2) is 0 Å². The minimum Gasteiger partial charge on any atom is -0.390 e. The second-order valence-corrected chi connectivity index (χ2v) is 5.96. The van der Waals surface area contributed by atoms with Gasteiger partial charge in [0.15, 0.2) is 0 Å². The molecule has 0 heterocycles. The minimum atomic E-state index is -0.545. The van der Waals surface area contributed by atoms with Crippen molar-refractivity contribution in [2.24, 2.45) is 23.0 Å². The molecule has 0 radical (unpaired) electrons. The third-order valence-corrected chi connectivity index (χ3v) is 5.15. The Hall–Kier alpha value is -0.0800. The first kappa shape index (κ1) is 11.4. The number of fused-ring (bicyclic) bond motifs is 2. The summed E-state index contributed by atoms with van der Waals surface area (Å²) in [5.74, 6) is 1.54. The molecule has 2 nitrogen and oxygen atoms in total. The van der Waals surface area contributed by atoms with Gasteiger partial charge in [-0.3, -0.25) is 0 Å². The highest BCUT2D eigenvalue weighted by Crippen LogP contribution is 2.60. The molecule has 15 heavy (non-hydrogen) atoms. The molecule has 0 saturated heterocycles.